The number of esters is 1. The maximum atomic E-state index is 12.9. The number of nitrogens with one attached hydrogen (secondary N) is 1. The van der Waals surface area contributed by atoms with E-state index in [9.17, 15) is 18.0 Å². The minimum absolute atomic E-state index is 0.128. The summed E-state index contributed by atoms with van der Waals surface area (Å²) < 4.78 is 33.3. The first-order valence-corrected chi connectivity index (χ1v) is 12.6. The third kappa shape index (κ3) is 4.44. The SMILES string of the molecule is CCOC(=O)C1(NC(=O)C2CCCN(S(=O)(=O)c3ccc(Br)s3)C2)CCCC1. The Morgan fingerprint density at radius 3 is 2.64 bits per heavy atom. The molecule has 1 amide bonds. The molecule has 0 radical (unpaired) electrons. The van der Waals surface area contributed by atoms with Crippen molar-refractivity contribution in [3.05, 3.63) is 15.9 Å². The highest BCUT2D eigenvalue weighted by atomic mass is 79.9. The molecule has 2 heterocycles. The maximum absolute atomic E-state index is 12.9. The number of amides is 1. The molecular formula is C18H25BrN2O5S2. The van der Waals surface area contributed by atoms with Gasteiger partial charge in [0.15, 0.2) is 0 Å². The van der Waals surface area contributed by atoms with Gasteiger partial charge in [-0.3, -0.25) is 4.79 Å². The van der Waals surface area contributed by atoms with Gasteiger partial charge in [0.05, 0.1) is 16.3 Å². The average Bonchev–Trinajstić information content (AvgIpc) is 3.32. The minimum atomic E-state index is -3.62. The molecule has 0 bridgehead atoms. The van der Waals surface area contributed by atoms with Crippen LogP contribution in [0.3, 0.4) is 0 Å². The van der Waals surface area contributed by atoms with Crippen molar-refractivity contribution in [1.82, 2.24) is 9.62 Å². The number of sulfonamides is 1. The molecule has 1 aliphatic carbocycles. The van der Waals surface area contributed by atoms with Crippen molar-refractivity contribution in [2.45, 2.75) is 55.2 Å². The van der Waals surface area contributed by atoms with Crippen LogP contribution in [0.25, 0.3) is 0 Å². The van der Waals surface area contributed by atoms with Crippen molar-refractivity contribution < 1.29 is 22.7 Å². The number of carbonyl (C=O) groups is 2. The number of hydrogen-bond acceptors (Lipinski definition) is 6. The fourth-order valence-corrected chi connectivity index (χ4v) is 7.59. The predicted molar refractivity (Wildman–Crippen MR) is 109 cm³/mol. The number of piperidine rings is 1. The van der Waals surface area contributed by atoms with Gasteiger partial charge < -0.3 is 10.1 Å². The Morgan fingerprint density at radius 1 is 1.32 bits per heavy atom. The number of halogens is 1. The molecule has 3 rings (SSSR count). The Morgan fingerprint density at radius 2 is 2.04 bits per heavy atom. The molecule has 1 atom stereocenters. The molecule has 28 heavy (non-hydrogen) atoms. The molecule has 7 nitrogen and oxygen atoms in total. The lowest BCUT2D eigenvalue weighted by atomic mass is 9.93. The monoisotopic (exact) mass is 492 g/mol. The lowest BCUT2D eigenvalue weighted by molar-refractivity contribution is -0.153. The quantitative estimate of drug-likeness (QED) is 0.616. The molecular weight excluding hydrogens is 468 g/mol. The van der Waals surface area contributed by atoms with Gasteiger partial charge in [-0.05, 0) is 60.7 Å². The molecule has 1 aromatic heterocycles. The minimum Gasteiger partial charge on any atom is -0.464 e. The zero-order chi connectivity index (χ0) is 20.4. The van der Waals surface area contributed by atoms with Crippen molar-refractivity contribution in [2.24, 2.45) is 5.92 Å². The van der Waals surface area contributed by atoms with Crippen LogP contribution in [0.1, 0.15) is 45.4 Å². The van der Waals surface area contributed by atoms with E-state index in [-0.39, 0.29) is 29.2 Å². The van der Waals surface area contributed by atoms with E-state index in [2.05, 4.69) is 21.2 Å². The van der Waals surface area contributed by atoms with Crippen molar-refractivity contribution in [2.75, 3.05) is 19.7 Å². The third-order valence-electron chi connectivity index (χ3n) is 5.38. The third-order valence-corrected chi connectivity index (χ3v) is 9.34. The van der Waals surface area contributed by atoms with Crippen LogP contribution in [0.4, 0.5) is 0 Å². The summed E-state index contributed by atoms with van der Waals surface area (Å²) in [5.74, 6) is -1.12. The summed E-state index contributed by atoms with van der Waals surface area (Å²) in [5, 5.41) is 2.92. The van der Waals surface area contributed by atoms with Gasteiger partial charge in [0.2, 0.25) is 5.91 Å². The number of carbonyl (C=O) groups excluding carboxylic acids is 2. The largest absolute Gasteiger partial charge is 0.464 e. The van der Waals surface area contributed by atoms with Crippen molar-refractivity contribution >= 4 is 49.2 Å². The first-order valence-electron chi connectivity index (χ1n) is 9.53. The van der Waals surface area contributed by atoms with Crippen LogP contribution < -0.4 is 5.32 Å². The van der Waals surface area contributed by atoms with Gasteiger partial charge >= 0.3 is 5.97 Å². The fraction of sp³-hybridized carbons (Fsp3) is 0.667. The molecule has 0 aromatic carbocycles. The number of ether oxygens (including phenoxy) is 1. The van der Waals surface area contributed by atoms with E-state index in [1.165, 1.54) is 4.31 Å². The molecule has 1 aromatic rings. The molecule has 2 aliphatic rings. The van der Waals surface area contributed by atoms with E-state index in [0.29, 0.717) is 32.2 Å². The van der Waals surface area contributed by atoms with Crippen molar-refractivity contribution in [1.29, 1.82) is 0 Å². The number of hydrogen-bond donors (Lipinski definition) is 1. The second-order valence-corrected chi connectivity index (χ2v) is 11.9. The smallest absolute Gasteiger partial charge is 0.331 e. The van der Waals surface area contributed by atoms with Crippen LogP contribution in [0.5, 0.6) is 0 Å². The van der Waals surface area contributed by atoms with E-state index in [4.69, 9.17) is 4.74 Å². The summed E-state index contributed by atoms with van der Waals surface area (Å²) in [4.78, 5) is 25.4. The topological polar surface area (TPSA) is 92.8 Å². The van der Waals surface area contributed by atoms with E-state index in [1.807, 2.05) is 0 Å². The molecule has 0 spiro atoms. The molecule has 156 valence electrons. The molecule has 1 unspecified atom stereocenters. The Hall–Kier alpha value is -0.970. The fourth-order valence-electron chi connectivity index (χ4n) is 3.90. The summed E-state index contributed by atoms with van der Waals surface area (Å²) in [7, 11) is -3.62. The van der Waals surface area contributed by atoms with Crippen LogP contribution in [0.15, 0.2) is 20.1 Å². The standard InChI is InChI=1S/C18H25BrN2O5S2/c1-2-26-17(23)18(9-3-4-10-18)20-16(22)13-6-5-11-21(12-13)28(24,25)15-8-7-14(19)27-15/h7-8,13H,2-6,9-12H2,1H3,(H,20,22). The Bertz CT molecular complexity index is 833. The van der Waals surface area contributed by atoms with Gasteiger partial charge in [-0.25, -0.2) is 13.2 Å². The molecule has 10 heteroatoms. The zero-order valence-corrected chi connectivity index (χ0v) is 19.0. The van der Waals surface area contributed by atoms with Crippen LogP contribution >= 0.6 is 27.3 Å². The Labute approximate surface area is 178 Å². The first-order chi connectivity index (χ1) is 13.3. The molecule has 2 fully saturated rings. The van der Waals surface area contributed by atoms with Gasteiger partial charge in [-0.1, -0.05) is 12.8 Å². The first kappa shape index (κ1) is 21.7. The van der Waals surface area contributed by atoms with Crippen molar-refractivity contribution in [3.8, 4) is 0 Å². The number of nitrogens with zero attached hydrogens (tertiary/aromatic N) is 1. The molecule has 1 aliphatic heterocycles. The maximum Gasteiger partial charge on any atom is 0.331 e. The van der Waals surface area contributed by atoms with Crippen molar-refractivity contribution in [3.63, 3.8) is 0 Å². The van der Waals surface area contributed by atoms with E-state index in [1.54, 1.807) is 19.1 Å². The zero-order valence-electron chi connectivity index (χ0n) is 15.8. The highest BCUT2D eigenvalue weighted by Gasteiger charge is 2.45. The highest BCUT2D eigenvalue weighted by molar-refractivity contribution is 9.11. The van der Waals surface area contributed by atoms with Crippen LogP contribution in [0, 0.1) is 5.92 Å². The summed E-state index contributed by atoms with van der Waals surface area (Å²) in [6.45, 7) is 2.53. The van der Waals surface area contributed by atoms with Crippen LogP contribution in [-0.4, -0.2) is 49.8 Å². The van der Waals surface area contributed by atoms with Crippen LogP contribution in [-0.2, 0) is 24.3 Å². The van der Waals surface area contributed by atoms with Gasteiger partial charge in [0.1, 0.15) is 9.75 Å². The highest BCUT2D eigenvalue weighted by Crippen LogP contribution is 2.33. The Kier molecular flexibility index (Phi) is 6.84. The van der Waals surface area contributed by atoms with Crippen LogP contribution in [0.2, 0.25) is 0 Å². The molecule has 1 N–H and O–H groups in total. The van der Waals surface area contributed by atoms with Gasteiger partial charge in [0.25, 0.3) is 10.0 Å². The summed E-state index contributed by atoms with van der Waals surface area (Å²) in [6.07, 6.45) is 4.06. The van der Waals surface area contributed by atoms with Gasteiger partial charge in [0, 0.05) is 13.1 Å². The lowest BCUT2D eigenvalue weighted by Gasteiger charge is -2.34. The van der Waals surface area contributed by atoms with E-state index in [0.717, 1.165) is 28.0 Å². The van der Waals surface area contributed by atoms with Gasteiger partial charge in [-0.2, -0.15) is 4.31 Å². The summed E-state index contributed by atoms with van der Waals surface area (Å²) >= 11 is 4.45. The molecule has 1 saturated carbocycles. The average molecular weight is 493 g/mol. The summed E-state index contributed by atoms with van der Waals surface area (Å²) in [6, 6.07) is 3.27. The van der Waals surface area contributed by atoms with E-state index < -0.39 is 21.5 Å². The predicted octanol–water partition coefficient (Wildman–Crippen LogP) is 2.90. The normalized spacial score (nSPS) is 22.7. The molecule has 1 saturated heterocycles. The van der Waals surface area contributed by atoms with E-state index >= 15 is 0 Å². The second kappa shape index (κ2) is 8.81. The number of rotatable bonds is 6. The second-order valence-electron chi connectivity index (χ2n) is 7.26. The Balaban J connectivity index is 1.71. The van der Waals surface area contributed by atoms with Gasteiger partial charge in [-0.15, -0.1) is 11.3 Å². The lowest BCUT2D eigenvalue weighted by Crippen LogP contribution is -2.56. The number of thiophene rings is 1. The summed E-state index contributed by atoms with van der Waals surface area (Å²) in [5.41, 5.74) is -0.965.